The molecule has 0 aromatic rings. The summed E-state index contributed by atoms with van der Waals surface area (Å²) in [5.41, 5.74) is 0. The number of aliphatic hydroxyl groups excluding tert-OH is 1. The van der Waals surface area contributed by atoms with Crippen molar-refractivity contribution in [1.29, 1.82) is 0 Å². The number of amides is 2. The third kappa shape index (κ3) is 8.39. The highest BCUT2D eigenvalue weighted by Gasteiger charge is 2.17. The normalized spacial score (nSPS) is 13.9. The summed E-state index contributed by atoms with van der Waals surface area (Å²) in [5.74, 6) is -1.07. The fraction of sp³-hybridized carbons (Fsp3) is 0.833. The SMILES string of the molecule is CCOCC(NC(=O)NCCC(O)C(=O)O)C(C)C. The van der Waals surface area contributed by atoms with Gasteiger partial charge in [-0.25, -0.2) is 9.59 Å². The second-order valence-corrected chi connectivity index (χ2v) is 4.55. The molecule has 0 saturated heterocycles. The van der Waals surface area contributed by atoms with Crippen LogP contribution in [0.1, 0.15) is 27.2 Å². The highest BCUT2D eigenvalue weighted by atomic mass is 16.5. The molecule has 4 N–H and O–H groups in total. The average Bonchev–Trinajstić information content (AvgIpc) is 2.33. The van der Waals surface area contributed by atoms with Gasteiger partial charge in [-0.05, 0) is 12.8 Å². The van der Waals surface area contributed by atoms with Gasteiger partial charge in [-0.1, -0.05) is 13.8 Å². The lowest BCUT2D eigenvalue weighted by atomic mass is 10.1. The monoisotopic (exact) mass is 276 g/mol. The van der Waals surface area contributed by atoms with Gasteiger partial charge in [0.25, 0.3) is 0 Å². The van der Waals surface area contributed by atoms with E-state index in [0.717, 1.165) is 0 Å². The summed E-state index contributed by atoms with van der Waals surface area (Å²) < 4.78 is 5.27. The Balaban J connectivity index is 3.96. The van der Waals surface area contributed by atoms with Crippen molar-refractivity contribution in [3.8, 4) is 0 Å². The second-order valence-electron chi connectivity index (χ2n) is 4.55. The maximum Gasteiger partial charge on any atom is 0.332 e. The molecule has 0 saturated carbocycles. The molecule has 0 aliphatic rings. The molecule has 0 heterocycles. The Morgan fingerprint density at radius 2 is 1.95 bits per heavy atom. The van der Waals surface area contributed by atoms with E-state index in [2.05, 4.69) is 10.6 Å². The minimum Gasteiger partial charge on any atom is -0.479 e. The van der Waals surface area contributed by atoms with Crippen LogP contribution in [-0.4, -0.2) is 54.1 Å². The van der Waals surface area contributed by atoms with Crippen molar-refractivity contribution in [2.24, 2.45) is 5.92 Å². The molecule has 0 aliphatic carbocycles. The van der Waals surface area contributed by atoms with E-state index in [1.54, 1.807) is 0 Å². The smallest absolute Gasteiger partial charge is 0.332 e. The number of carboxylic acid groups (broad SMARTS) is 1. The molecule has 0 spiro atoms. The Kier molecular flexibility index (Phi) is 8.90. The van der Waals surface area contributed by atoms with Crippen molar-refractivity contribution >= 4 is 12.0 Å². The predicted octanol–water partition coefficient (Wildman–Crippen LogP) is 0.182. The third-order valence-corrected chi connectivity index (χ3v) is 2.61. The van der Waals surface area contributed by atoms with Crippen molar-refractivity contribution in [1.82, 2.24) is 10.6 Å². The first kappa shape index (κ1) is 17.7. The molecule has 112 valence electrons. The minimum atomic E-state index is -1.45. The van der Waals surface area contributed by atoms with Crippen LogP contribution in [0.4, 0.5) is 4.79 Å². The molecule has 7 nitrogen and oxygen atoms in total. The van der Waals surface area contributed by atoms with E-state index in [1.807, 2.05) is 20.8 Å². The maximum absolute atomic E-state index is 11.6. The molecule has 2 amide bonds. The van der Waals surface area contributed by atoms with Gasteiger partial charge in [0.1, 0.15) is 0 Å². The van der Waals surface area contributed by atoms with Crippen molar-refractivity contribution < 1.29 is 24.5 Å². The van der Waals surface area contributed by atoms with Gasteiger partial charge < -0.3 is 25.6 Å². The highest BCUT2D eigenvalue weighted by molar-refractivity contribution is 5.74. The van der Waals surface area contributed by atoms with Crippen LogP contribution < -0.4 is 10.6 Å². The number of urea groups is 1. The van der Waals surface area contributed by atoms with E-state index in [-0.39, 0.29) is 24.9 Å². The van der Waals surface area contributed by atoms with Crippen LogP contribution in [0.25, 0.3) is 0 Å². The average molecular weight is 276 g/mol. The molecule has 19 heavy (non-hydrogen) atoms. The number of carbonyl (C=O) groups excluding carboxylic acids is 1. The third-order valence-electron chi connectivity index (χ3n) is 2.61. The standard InChI is InChI=1S/C12H24N2O5/c1-4-19-7-9(8(2)3)14-12(18)13-6-5-10(15)11(16)17/h8-10,15H,4-7H2,1-3H3,(H,16,17)(H2,13,14,18). The molecule has 0 rings (SSSR count). The highest BCUT2D eigenvalue weighted by Crippen LogP contribution is 2.02. The molecule has 0 bridgehead atoms. The molecule has 0 aromatic heterocycles. The number of carbonyl (C=O) groups is 2. The molecule has 2 unspecified atom stereocenters. The summed E-state index contributed by atoms with van der Waals surface area (Å²) in [6.07, 6.45) is -1.48. The molecular weight excluding hydrogens is 252 g/mol. The van der Waals surface area contributed by atoms with Crippen LogP contribution in [-0.2, 0) is 9.53 Å². The first-order valence-electron chi connectivity index (χ1n) is 6.41. The summed E-state index contributed by atoms with van der Waals surface area (Å²) in [7, 11) is 0. The number of nitrogens with one attached hydrogen (secondary N) is 2. The van der Waals surface area contributed by atoms with Crippen LogP contribution in [0.15, 0.2) is 0 Å². The Bertz CT molecular complexity index is 283. The fourth-order valence-corrected chi connectivity index (χ4v) is 1.31. The Morgan fingerprint density at radius 3 is 2.42 bits per heavy atom. The van der Waals surface area contributed by atoms with Crippen molar-refractivity contribution in [2.75, 3.05) is 19.8 Å². The molecule has 0 radical (unpaired) electrons. The van der Waals surface area contributed by atoms with Gasteiger partial charge in [0.15, 0.2) is 6.10 Å². The van der Waals surface area contributed by atoms with Gasteiger partial charge in [0, 0.05) is 19.6 Å². The van der Waals surface area contributed by atoms with Crippen molar-refractivity contribution in [3.63, 3.8) is 0 Å². The quantitative estimate of drug-likeness (QED) is 0.480. The largest absolute Gasteiger partial charge is 0.479 e. The summed E-state index contributed by atoms with van der Waals surface area (Å²) in [5, 5.41) is 22.8. The molecule has 0 fully saturated rings. The van der Waals surface area contributed by atoms with Crippen molar-refractivity contribution in [2.45, 2.75) is 39.3 Å². The van der Waals surface area contributed by atoms with Gasteiger partial charge >= 0.3 is 12.0 Å². The summed E-state index contributed by atoms with van der Waals surface area (Å²) in [6, 6.07) is -0.500. The van der Waals surface area contributed by atoms with E-state index in [0.29, 0.717) is 13.2 Å². The lowest BCUT2D eigenvalue weighted by Gasteiger charge is -2.22. The van der Waals surface area contributed by atoms with E-state index in [1.165, 1.54) is 0 Å². The predicted molar refractivity (Wildman–Crippen MR) is 69.9 cm³/mol. The van der Waals surface area contributed by atoms with Gasteiger partial charge in [0.2, 0.25) is 0 Å². The Hall–Kier alpha value is -1.34. The number of carboxylic acids is 1. The number of aliphatic hydroxyl groups is 1. The second kappa shape index (κ2) is 9.57. The van der Waals surface area contributed by atoms with Crippen LogP contribution in [0, 0.1) is 5.92 Å². The van der Waals surface area contributed by atoms with Gasteiger partial charge in [-0.15, -0.1) is 0 Å². The number of aliphatic carboxylic acids is 1. The number of hydrogen-bond acceptors (Lipinski definition) is 4. The van der Waals surface area contributed by atoms with Gasteiger partial charge in [-0.2, -0.15) is 0 Å². The number of hydrogen-bond donors (Lipinski definition) is 4. The topological polar surface area (TPSA) is 108 Å². The molecule has 2 atom stereocenters. The summed E-state index contributed by atoms with van der Waals surface area (Å²) in [6.45, 7) is 6.93. The zero-order chi connectivity index (χ0) is 14.8. The van der Waals surface area contributed by atoms with Gasteiger partial charge in [0.05, 0.1) is 12.6 Å². The number of rotatable bonds is 9. The maximum atomic E-state index is 11.6. The minimum absolute atomic E-state index is 0.0272. The summed E-state index contributed by atoms with van der Waals surface area (Å²) in [4.78, 5) is 21.9. The fourth-order valence-electron chi connectivity index (χ4n) is 1.31. The molecule has 0 aliphatic heterocycles. The first-order chi connectivity index (χ1) is 8.88. The molecule has 7 heteroatoms. The first-order valence-corrected chi connectivity index (χ1v) is 6.41. The van der Waals surface area contributed by atoms with E-state index >= 15 is 0 Å². The molecule has 0 aromatic carbocycles. The lowest BCUT2D eigenvalue weighted by molar-refractivity contribution is -0.146. The van der Waals surface area contributed by atoms with E-state index in [4.69, 9.17) is 14.9 Å². The summed E-state index contributed by atoms with van der Waals surface area (Å²) >= 11 is 0. The molecular formula is C12H24N2O5. The lowest BCUT2D eigenvalue weighted by Crippen LogP contribution is -2.47. The van der Waals surface area contributed by atoms with Crippen LogP contribution in [0.2, 0.25) is 0 Å². The van der Waals surface area contributed by atoms with Crippen LogP contribution in [0.5, 0.6) is 0 Å². The Morgan fingerprint density at radius 1 is 1.32 bits per heavy atom. The van der Waals surface area contributed by atoms with E-state index in [9.17, 15) is 9.59 Å². The Labute approximate surface area is 113 Å². The van der Waals surface area contributed by atoms with Crippen LogP contribution in [0.3, 0.4) is 0 Å². The van der Waals surface area contributed by atoms with Crippen molar-refractivity contribution in [3.05, 3.63) is 0 Å². The number of ether oxygens (including phenoxy) is 1. The van der Waals surface area contributed by atoms with E-state index < -0.39 is 18.1 Å². The zero-order valence-electron chi connectivity index (χ0n) is 11.7. The zero-order valence-corrected chi connectivity index (χ0v) is 11.7. The van der Waals surface area contributed by atoms with Crippen LogP contribution >= 0.6 is 0 Å². The van der Waals surface area contributed by atoms with Gasteiger partial charge in [-0.3, -0.25) is 0 Å².